The van der Waals surface area contributed by atoms with E-state index in [1.807, 2.05) is 0 Å². The number of rotatable bonds is 3. The van der Waals surface area contributed by atoms with Gasteiger partial charge in [0.25, 0.3) is 0 Å². The molecule has 1 amide bonds. The molecule has 0 radical (unpaired) electrons. The summed E-state index contributed by atoms with van der Waals surface area (Å²) >= 11 is 11.9. The highest BCUT2D eigenvalue weighted by molar-refractivity contribution is 6.35. The topological polar surface area (TPSA) is 59.5 Å². The SMILES string of the molecule is CN(C(=O)OC(C)(C)C)C(C)(C=O)c1ncc(Cl)cc1Cl. The first-order valence-electron chi connectivity index (χ1n) is 6.26. The lowest BCUT2D eigenvalue weighted by atomic mass is 9.97. The van der Waals surface area contributed by atoms with Crippen LogP contribution in [0, 0.1) is 0 Å². The van der Waals surface area contributed by atoms with Crippen molar-refractivity contribution in [3.63, 3.8) is 0 Å². The van der Waals surface area contributed by atoms with Crippen LogP contribution in [0.1, 0.15) is 33.4 Å². The molecule has 0 N–H and O–H groups in total. The van der Waals surface area contributed by atoms with E-state index in [2.05, 4.69) is 4.98 Å². The van der Waals surface area contributed by atoms with E-state index in [9.17, 15) is 9.59 Å². The van der Waals surface area contributed by atoms with Gasteiger partial charge in [0.2, 0.25) is 0 Å². The van der Waals surface area contributed by atoms with Crippen LogP contribution in [0.4, 0.5) is 4.79 Å². The molecule has 0 bridgehead atoms. The number of ether oxygens (including phenoxy) is 1. The highest BCUT2D eigenvalue weighted by atomic mass is 35.5. The zero-order valence-corrected chi connectivity index (χ0v) is 14.1. The van der Waals surface area contributed by atoms with Gasteiger partial charge in [-0.3, -0.25) is 9.88 Å². The molecular formula is C14H18Cl2N2O3. The van der Waals surface area contributed by atoms with Gasteiger partial charge in [-0.15, -0.1) is 0 Å². The third-order valence-corrected chi connectivity index (χ3v) is 3.38. The molecule has 116 valence electrons. The minimum absolute atomic E-state index is 0.201. The van der Waals surface area contributed by atoms with E-state index < -0.39 is 17.2 Å². The lowest BCUT2D eigenvalue weighted by molar-refractivity contribution is -0.117. The molecule has 1 rings (SSSR count). The number of carbonyl (C=O) groups excluding carboxylic acids is 2. The van der Waals surface area contributed by atoms with Crippen molar-refractivity contribution in [1.29, 1.82) is 0 Å². The highest BCUT2D eigenvalue weighted by Crippen LogP contribution is 2.31. The van der Waals surface area contributed by atoms with Crippen molar-refractivity contribution in [3.8, 4) is 0 Å². The molecule has 0 aromatic carbocycles. The van der Waals surface area contributed by atoms with Gasteiger partial charge in [-0.05, 0) is 33.8 Å². The van der Waals surface area contributed by atoms with Gasteiger partial charge >= 0.3 is 6.09 Å². The molecule has 1 aromatic heterocycles. The van der Waals surface area contributed by atoms with Crippen molar-refractivity contribution >= 4 is 35.6 Å². The van der Waals surface area contributed by atoms with Gasteiger partial charge in [-0.25, -0.2) is 4.79 Å². The van der Waals surface area contributed by atoms with Gasteiger partial charge < -0.3 is 9.53 Å². The first-order valence-corrected chi connectivity index (χ1v) is 7.01. The van der Waals surface area contributed by atoms with E-state index in [4.69, 9.17) is 27.9 Å². The summed E-state index contributed by atoms with van der Waals surface area (Å²) < 4.78 is 5.26. The van der Waals surface area contributed by atoms with Crippen molar-refractivity contribution < 1.29 is 14.3 Å². The summed E-state index contributed by atoms with van der Waals surface area (Å²) in [5.41, 5.74) is -1.80. The maximum Gasteiger partial charge on any atom is 0.411 e. The van der Waals surface area contributed by atoms with Crippen LogP contribution < -0.4 is 0 Å². The van der Waals surface area contributed by atoms with E-state index in [0.29, 0.717) is 11.3 Å². The Balaban J connectivity index is 3.20. The molecule has 1 heterocycles. The second kappa shape index (κ2) is 6.20. The number of nitrogens with zero attached hydrogens (tertiary/aromatic N) is 2. The van der Waals surface area contributed by atoms with E-state index in [1.165, 1.54) is 26.2 Å². The number of aldehydes is 1. The van der Waals surface area contributed by atoms with Gasteiger partial charge in [0, 0.05) is 13.2 Å². The molecule has 5 nitrogen and oxygen atoms in total. The first-order chi connectivity index (χ1) is 9.51. The van der Waals surface area contributed by atoms with Crippen LogP contribution >= 0.6 is 23.2 Å². The minimum Gasteiger partial charge on any atom is -0.444 e. The summed E-state index contributed by atoms with van der Waals surface area (Å²) in [4.78, 5) is 29.0. The Kier molecular flexibility index (Phi) is 5.23. The van der Waals surface area contributed by atoms with Crippen LogP contribution in [-0.4, -0.2) is 34.9 Å². The van der Waals surface area contributed by atoms with Crippen LogP contribution in [-0.2, 0) is 15.1 Å². The Bertz CT molecular complexity index is 558. The molecule has 0 saturated carbocycles. The monoisotopic (exact) mass is 332 g/mol. The lowest BCUT2D eigenvalue weighted by Gasteiger charge is -2.35. The van der Waals surface area contributed by atoms with Crippen LogP contribution in [0.15, 0.2) is 12.3 Å². The lowest BCUT2D eigenvalue weighted by Crippen LogP contribution is -2.48. The summed E-state index contributed by atoms with van der Waals surface area (Å²) in [6, 6.07) is 1.47. The summed E-state index contributed by atoms with van der Waals surface area (Å²) in [7, 11) is 1.45. The fourth-order valence-electron chi connectivity index (χ4n) is 1.60. The Labute approximate surface area is 134 Å². The molecule has 0 aliphatic carbocycles. The fourth-order valence-corrected chi connectivity index (χ4v) is 2.17. The molecule has 0 spiro atoms. The Morgan fingerprint density at radius 2 is 1.90 bits per heavy atom. The molecule has 21 heavy (non-hydrogen) atoms. The number of hydrogen-bond acceptors (Lipinski definition) is 4. The number of aromatic nitrogens is 1. The standard InChI is InChI=1S/C14H18Cl2N2O3/c1-13(2,3)21-12(20)18(5)14(4,8-19)11-10(16)6-9(15)7-17-11/h6-8H,1-5H3. The molecule has 0 aliphatic rings. The smallest absolute Gasteiger partial charge is 0.411 e. The zero-order chi connectivity index (χ0) is 16.4. The number of carbonyl (C=O) groups is 2. The zero-order valence-electron chi connectivity index (χ0n) is 12.6. The average molecular weight is 333 g/mol. The van der Waals surface area contributed by atoms with Crippen LogP contribution in [0.3, 0.4) is 0 Å². The maximum absolute atomic E-state index is 12.2. The van der Waals surface area contributed by atoms with E-state index >= 15 is 0 Å². The summed E-state index contributed by atoms with van der Waals surface area (Å²) in [6.45, 7) is 6.76. The van der Waals surface area contributed by atoms with Crippen molar-refractivity contribution in [2.75, 3.05) is 7.05 Å². The third-order valence-electron chi connectivity index (χ3n) is 2.88. The van der Waals surface area contributed by atoms with Crippen LogP contribution in [0.5, 0.6) is 0 Å². The van der Waals surface area contributed by atoms with Gasteiger partial charge in [-0.2, -0.15) is 0 Å². The van der Waals surface area contributed by atoms with Gasteiger partial charge in [0.15, 0.2) is 6.29 Å². The second-order valence-corrected chi connectivity index (χ2v) is 6.63. The molecule has 0 saturated heterocycles. The quantitative estimate of drug-likeness (QED) is 0.792. The Hall–Kier alpha value is -1.33. The van der Waals surface area contributed by atoms with Crippen molar-refractivity contribution in [2.24, 2.45) is 0 Å². The summed E-state index contributed by atoms with van der Waals surface area (Å²) in [6.07, 6.45) is 1.32. The normalized spacial score (nSPS) is 14.2. The Morgan fingerprint density at radius 3 is 2.33 bits per heavy atom. The predicted molar refractivity (Wildman–Crippen MR) is 81.7 cm³/mol. The summed E-state index contributed by atoms with van der Waals surface area (Å²) in [5, 5.41) is 0.546. The van der Waals surface area contributed by atoms with E-state index in [1.54, 1.807) is 20.8 Å². The molecule has 0 aliphatic heterocycles. The third kappa shape index (κ3) is 4.08. The van der Waals surface area contributed by atoms with Crippen LogP contribution in [0.2, 0.25) is 10.0 Å². The number of pyridine rings is 1. The number of amides is 1. The Morgan fingerprint density at radius 1 is 1.33 bits per heavy atom. The predicted octanol–water partition coefficient (Wildman–Crippen LogP) is 3.67. The highest BCUT2D eigenvalue weighted by Gasteiger charge is 2.39. The van der Waals surface area contributed by atoms with Crippen LogP contribution in [0.25, 0.3) is 0 Å². The molecule has 0 fully saturated rings. The molecule has 1 unspecified atom stereocenters. The van der Waals surface area contributed by atoms with Crippen molar-refractivity contribution in [2.45, 2.75) is 38.8 Å². The summed E-state index contributed by atoms with van der Waals surface area (Å²) in [5.74, 6) is 0. The fraction of sp³-hybridized carbons (Fsp3) is 0.500. The number of hydrogen-bond donors (Lipinski definition) is 0. The molecular weight excluding hydrogens is 315 g/mol. The first kappa shape index (κ1) is 17.7. The molecule has 7 heteroatoms. The molecule has 1 atom stereocenters. The number of likely N-dealkylation sites (N-methyl/N-ethyl adjacent to an activating group) is 1. The van der Waals surface area contributed by atoms with Gasteiger partial charge in [-0.1, -0.05) is 23.2 Å². The van der Waals surface area contributed by atoms with E-state index in [0.717, 1.165) is 4.90 Å². The van der Waals surface area contributed by atoms with Crippen molar-refractivity contribution in [1.82, 2.24) is 9.88 Å². The maximum atomic E-state index is 12.2. The second-order valence-electron chi connectivity index (χ2n) is 5.79. The minimum atomic E-state index is -1.36. The molecule has 1 aromatic rings. The largest absolute Gasteiger partial charge is 0.444 e. The number of halogens is 2. The van der Waals surface area contributed by atoms with Gasteiger partial charge in [0.05, 0.1) is 15.7 Å². The van der Waals surface area contributed by atoms with Crippen molar-refractivity contribution in [3.05, 3.63) is 28.0 Å². The average Bonchev–Trinajstić information content (AvgIpc) is 2.34. The van der Waals surface area contributed by atoms with E-state index in [-0.39, 0.29) is 10.7 Å². The van der Waals surface area contributed by atoms with Gasteiger partial charge in [0.1, 0.15) is 11.1 Å².